The number of aliphatic hydroxyl groups excluding tert-OH is 1. The van der Waals surface area contributed by atoms with Crippen molar-refractivity contribution in [1.29, 1.82) is 0 Å². The molecule has 34 heavy (non-hydrogen) atoms. The number of carbonyl (C=O) groups is 2. The molecule has 0 aliphatic carbocycles. The number of hydrogen-bond acceptors (Lipinski definition) is 5. The Hall–Kier alpha value is -3.19. The first kappa shape index (κ1) is 22.6. The highest BCUT2D eigenvalue weighted by atomic mass is 16.4. The zero-order valence-electron chi connectivity index (χ0n) is 19.3. The van der Waals surface area contributed by atoms with Crippen molar-refractivity contribution >= 4 is 22.9 Å². The minimum atomic E-state index is -0.990. The van der Waals surface area contributed by atoms with Gasteiger partial charge in [0.15, 0.2) is 11.7 Å². The molecule has 3 aromatic rings. The van der Waals surface area contributed by atoms with E-state index in [4.69, 9.17) is 4.42 Å². The summed E-state index contributed by atoms with van der Waals surface area (Å²) in [4.78, 5) is 34.5. The van der Waals surface area contributed by atoms with Crippen LogP contribution in [0.1, 0.15) is 56.1 Å². The fraction of sp³-hybridized carbons (Fsp3) is 0.444. The number of amides is 2. The van der Waals surface area contributed by atoms with Crippen LogP contribution in [0.4, 0.5) is 0 Å². The summed E-state index contributed by atoms with van der Waals surface area (Å²) in [6.45, 7) is 1.19. The average molecular weight is 462 g/mol. The van der Waals surface area contributed by atoms with Crippen LogP contribution >= 0.6 is 0 Å². The number of aliphatic hydroxyl groups is 1. The Labute approximate surface area is 199 Å². The maximum atomic E-state index is 13.5. The first-order valence-corrected chi connectivity index (χ1v) is 12.3. The number of rotatable bonds is 7. The summed E-state index contributed by atoms with van der Waals surface area (Å²) in [6.07, 6.45) is 4.06. The highest BCUT2D eigenvalue weighted by Gasteiger charge is 2.43. The Morgan fingerprint density at radius 2 is 1.74 bits per heavy atom. The summed E-state index contributed by atoms with van der Waals surface area (Å²) >= 11 is 0. The lowest BCUT2D eigenvalue weighted by Gasteiger charge is -2.32. The van der Waals surface area contributed by atoms with Crippen molar-refractivity contribution in [2.75, 3.05) is 13.1 Å². The van der Waals surface area contributed by atoms with Crippen LogP contribution in [0.2, 0.25) is 0 Å². The van der Waals surface area contributed by atoms with Crippen molar-refractivity contribution in [3.63, 3.8) is 0 Å². The molecular formula is C27H31N3O4. The van der Waals surface area contributed by atoms with Gasteiger partial charge in [-0.1, -0.05) is 42.5 Å². The van der Waals surface area contributed by atoms with Crippen LogP contribution in [0.5, 0.6) is 0 Å². The van der Waals surface area contributed by atoms with Crippen molar-refractivity contribution in [2.24, 2.45) is 0 Å². The highest BCUT2D eigenvalue weighted by molar-refractivity contribution is 5.88. The van der Waals surface area contributed by atoms with Gasteiger partial charge in [-0.25, -0.2) is 4.98 Å². The van der Waals surface area contributed by atoms with Crippen LogP contribution in [0.15, 0.2) is 59.0 Å². The number of carbonyl (C=O) groups excluding carboxylic acids is 2. The first-order chi connectivity index (χ1) is 16.6. The quantitative estimate of drug-likeness (QED) is 0.577. The number of oxazole rings is 1. The van der Waals surface area contributed by atoms with Gasteiger partial charge in [0.2, 0.25) is 17.7 Å². The molecule has 1 aromatic heterocycles. The van der Waals surface area contributed by atoms with Gasteiger partial charge in [-0.05, 0) is 56.2 Å². The molecule has 2 aliphatic heterocycles. The van der Waals surface area contributed by atoms with Gasteiger partial charge >= 0.3 is 0 Å². The molecule has 5 rings (SSSR count). The molecule has 3 heterocycles. The van der Waals surface area contributed by atoms with Crippen LogP contribution in [0, 0.1) is 0 Å². The second-order valence-corrected chi connectivity index (χ2v) is 9.29. The van der Waals surface area contributed by atoms with Gasteiger partial charge in [0.05, 0.1) is 6.04 Å². The van der Waals surface area contributed by atoms with Gasteiger partial charge in [-0.2, -0.15) is 0 Å². The maximum Gasteiger partial charge on any atom is 0.245 e. The summed E-state index contributed by atoms with van der Waals surface area (Å²) in [5, 5.41) is 11.1. The lowest BCUT2D eigenvalue weighted by Crippen LogP contribution is -2.50. The number of aryl methyl sites for hydroxylation is 1. The normalized spacial score (nSPS) is 21.3. The Kier molecular flexibility index (Phi) is 6.63. The molecule has 7 heteroatoms. The summed E-state index contributed by atoms with van der Waals surface area (Å²) in [7, 11) is 0. The first-order valence-electron chi connectivity index (χ1n) is 12.3. The van der Waals surface area contributed by atoms with Gasteiger partial charge in [0, 0.05) is 19.5 Å². The van der Waals surface area contributed by atoms with E-state index in [0.717, 1.165) is 25.7 Å². The summed E-state index contributed by atoms with van der Waals surface area (Å²) in [5.41, 5.74) is 2.53. The van der Waals surface area contributed by atoms with E-state index in [1.165, 1.54) is 5.56 Å². The SMILES string of the molecule is O=C(CCCc1ccccc1)N1CCC[C@H]1C(=O)N1CCC[C@H]1C(O)c1nc2ccccc2o1. The van der Waals surface area contributed by atoms with Crippen LogP contribution in [-0.4, -0.2) is 56.9 Å². The van der Waals surface area contributed by atoms with Crippen LogP contribution in [-0.2, 0) is 16.0 Å². The maximum absolute atomic E-state index is 13.5. The molecule has 3 atom stereocenters. The molecule has 1 unspecified atom stereocenters. The highest BCUT2D eigenvalue weighted by Crippen LogP contribution is 2.33. The summed E-state index contributed by atoms with van der Waals surface area (Å²) in [5.74, 6) is 0.222. The van der Waals surface area contributed by atoms with Crippen molar-refractivity contribution in [1.82, 2.24) is 14.8 Å². The fourth-order valence-corrected chi connectivity index (χ4v) is 5.32. The predicted molar refractivity (Wildman–Crippen MR) is 128 cm³/mol. The van der Waals surface area contributed by atoms with Crippen molar-refractivity contribution in [3.05, 3.63) is 66.1 Å². The topological polar surface area (TPSA) is 86.9 Å². The zero-order chi connectivity index (χ0) is 23.5. The largest absolute Gasteiger partial charge is 0.438 e. The number of fused-ring (bicyclic) bond motifs is 1. The molecule has 2 fully saturated rings. The van der Waals surface area contributed by atoms with Crippen LogP contribution in [0.3, 0.4) is 0 Å². The number of benzene rings is 2. The second kappa shape index (κ2) is 9.97. The third-order valence-electron chi connectivity index (χ3n) is 7.07. The summed E-state index contributed by atoms with van der Waals surface area (Å²) < 4.78 is 5.77. The Bertz CT molecular complexity index is 1110. The van der Waals surface area contributed by atoms with Crippen LogP contribution in [0.25, 0.3) is 11.1 Å². The molecular weight excluding hydrogens is 430 g/mol. The smallest absolute Gasteiger partial charge is 0.245 e. The Morgan fingerprint density at radius 1 is 1.00 bits per heavy atom. The molecule has 7 nitrogen and oxygen atoms in total. The lowest BCUT2D eigenvalue weighted by atomic mass is 10.1. The van der Waals surface area contributed by atoms with Gasteiger partial charge in [0.25, 0.3) is 0 Å². The van der Waals surface area contributed by atoms with Crippen molar-refractivity contribution < 1.29 is 19.1 Å². The monoisotopic (exact) mass is 461 g/mol. The molecule has 0 spiro atoms. The van der Waals surface area contributed by atoms with E-state index in [0.29, 0.717) is 43.5 Å². The van der Waals surface area contributed by atoms with E-state index in [1.807, 2.05) is 42.5 Å². The van der Waals surface area contributed by atoms with E-state index in [1.54, 1.807) is 9.80 Å². The Balaban J connectivity index is 1.23. The van der Waals surface area contributed by atoms with Gasteiger partial charge < -0.3 is 19.3 Å². The standard InChI is InChI=1S/C27H31N3O4/c31-24(16-6-11-19-9-2-1-3-10-19)29-17-8-14-22(29)27(33)30-18-7-13-21(30)25(32)26-28-20-12-4-5-15-23(20)34-26/h1-5,9-10,12,15,21-22,25,32H,6-8,11,13-14,16-18H2/t21-,22-,25?/m0/s1. The number of aromatic nitrogens is 1. The number of likely N-dealkylation sites (tertiary alicyclic amines) is 2. The Morgan fingerprint density at radius 3 is 2.56 bits per heavy atom. The number of para-hydroxylation sites is 2. The van der Waals surface area contributed by atoms with Crippen molar-refractivity contribution in [3.8, 4) is 0 Å². The molecule has 2 aliphatic rings. The second-order valence-electron chi connectivity index (χ2n) is 9.29. The number of hydrogen-bond donors (Lipinski definition) is 1. The average Bonchev–Trinajstić information content (AvgIpc) is 3.63. The number of nitrogens with zero attached hydrogens (tertiary/aromatic N) is 3. The summed E-state index contributed by atoms with van der Waals surface area (Å²) in [6, 6.07) is 16.7. The van der Waals surface area contributed by atoms with Gasteiger partial charge in [0.1, 0.15) is 11.6 Å². The van der Waals surface area contributed by atoms with E-state index in [-0.39, 0.29) is 17.7 Å². The van der Waals surface area contributed by atoms with E-state index < -0.39 is 18.2 Å². The minimum absolute atomic E-state index is 0.0435. The van der Waals surface area contributed by atoms with Gasteiger partial charge in [-0.3, -0.25) is 9.59 Å². The third-order valence-corrected chi connectivity index (χ3v) is 7.07. The molecule has 0 radical (unpaired) electrons. The molecule has 0 bridgehead atoms. The molecule has 178 valence electrons. The van der Waals surface area contributed by atoms with E-state index in [2.05, 4.69) is 17.1 Å². The molecule has 1 N–H and O–H groups in total. The third kappa shape index (κ3) is 4.57. The van der Waals surface area contributed by atoms with E-state index in [9.17, 15) is 14.7 Å². The molecule has 2 aromatic carbocycles. The fourth-order valence-electron chi connectivity index (χ4n) is 5.32. The molecule has 2 amide bonds. The zero-order valence-corrected chi connectivity index (χ0v) is 19.3. The van der Waals surface area contributed by atoms with Crippen molar-refractivity contribution in [2.45, 2.75) is 63.1 Å². The van der Waals surface area contributed by atoms with Crippen LogP contribution < -0.4 is 0 Å². The lowest BCUT2D eigenvalue weighted by molar-refractivity contribution is -0.146. The van der Waals surface area contributed by atoms with Gasteiger partial charge in [-0.15, -0.1) is 0 Å². The van der Waals surface area contributed by atoms with E-state index >= 15 is 0 Å². The molecule has 2 saturated heterocycles. The predicted octanol–water partition coefficient (Wildman–Crippen LogP) is 3.87. The minimum Gasteiger partial charge on any atom is -0.438 e. The molecule has 0 saturated carbocycles.